The number of aromatic nitrogens is 3. The van der Waals surface area contributed by atoms with E-state index in [1.807, 2.05) is 23.6 Å². The molecule has 0 aliphatic carbocycles. The fourth-order valence-corrected chi connectivity index (χ4v) is 3.47. The largest absolute Gasteiger partial charge is 0.341 e. The van der Waals surface area contributed by atoms with E-state index in [1.54, 1.807) is 12.4 Å². The second-order valence-electron chi connectivity index (χ2n) is 5.37. The molecule has 0 unspecified atom stereocenters. The van der Waals surface area contributed by atoms with Crippen LogP contribution in [0.15, 0.2) is 24.7 Å². The van der Waals surface area contributed by atoms with Gasteiger partial charge in [0.05, 0.1) is 5.01 Å². The van der Waals surface area contributed by atoms with Crippen LogP contribution < -0.4 is 4.90 Å². The fourth-order valence-electron chi connectivity index (χ4n) is 2.50. The van der Waals surface area contributed by atoms with Crippen molar-refractivity contribution >= 4 is 17.3 Å². The first-order valence-electron chi connectivity index (χ1n) is 6.62. The Morgan fingerprint density at radius 3 is 2.42 bits per heavy atom. The average Bonchev–Trinajstić information content (AvgIpc) is 2.88. The zero-order valence-corrected chi connectivity index (χ0v) is 12.2. The summed E-state index contributed by atoms with van der Waals surface area (Å²) in [4.78, 5) is 16.8. The number of piperidine rings is 1. The van der Waals surface area contributed by atoms with Gasteiger partial charge >= 0.3 is 0 Å². The smallest absolute Gasteiger partial charge is 0.225 e. The molecule has 4 nitrogen and oxygen atoms in total. The molecule has 0 atom stereocenters. The number of nitrogens with zero attached hydrogens (tertiary/aromatic N) is 4. The predicted molar refractivity (Wildman–Crippen MR) is 77.7 cm³/mol. The van der Waals surface area contributed by atoms with Crippen LogP contribution in [0.2, 0.25) is 0 Å². The zero-order valence-electron chi connectivity index (χ0n) is 11.3. The van der Waals surface area contributed by atoms with Gasteiger partial charge in [-0.05, 0) is 25.8 Å². The van der Waals surface area contributed by atoms with Crippen molar-refractivity contribution in [3.63, 3.8) is 0 Å². The summed E-state index contributed by atoms with van der Waals surface area (Å²) in [5.74, 6) is 0.847. The molecular weight excluding hydrogens is 256 g/mol. The van der Waals surface area contributed by atoms with Crippen LogP contribution in [0.3, 0.4) is 0 Å². The third kappa shape index (κ3) is 2.47. The van der Waals surface area contributed by atoms with Crippen molar-refractivity contribution in [2.45, 2.75) is 32.1 Å². The quantitative estimate of drug-likeness (QED) is 0.844. The topological polar surface area (TPSA) is 41.9 Å². The van der Waals surface area contributed by atoms with Crippen LogP contribution in [-0.4, -0.2) is 28.0 Å². The first kappa shape index (κ1) is 12.5. The van der Waals surface area contributed by atoms with E-state index in [0.717, 1.165) is 31.9 Å². The molecule has 3 rings (SSSR count). The van der Waals surface area contributed by atoms with Crippen molar-refractivity contribution in [2.24, 2.45) is 0 Å². The van der Waals surface area contributed by atoms with E-state index in [-0.39, 0.29) is 5.41 Å². The number of aryl methyl sites for hydroxylation is 1. The van der Waals surface area contributed by atoms with Gasteiger partial charge in [-0.1, -0.05) is 6.92 Å². The minimum absolute atomic E-state index is 0.213. The van der Waals surface area contributed by atoms with Gasteiger partial charge in [0.1, 0.15) is 0 Å². The molecule has 0 aromatic carbocycles. The predicted octanol–water partition coefficient (Wildman–Crippen LogP) is 2.80. The van der Waals surface area contributed by atoms with Crippen molar-refractivity contribution in [3.8, 4) is 0 Å². The highest BCUT2D eigenvalue weighted by molar-refractivity contribution is 7.11. The second-order valence-corrected chi connectivity index (χ2v) is 6.61. The maximum absolute atomic E-state index is 4.58. The summed E-state index contributed by atoms with van der Waals surface area (Å²) in [5.41, 5.74) is 0.213. The molecule has 100 valence electrons. The van der Waals surface area contributed by atoms with E-state index in [9.17, 15) is 0 Å². The first-order chi connectivity index (χ1) is 9.17. The molecule has 0 radical (unpaired) electrons. The minimum atomic E-state index is 0.213. The molecule has 2 aromatic heterocycles. The molecule has 19 heavy (non-hydrogen) atoms. The summed E-state index contributed by atoms with van der Waals surface area (Å²) in [6, 6.07) is 1.86. The standard InChI is InChI=1S/C14H18N4S/c1-11-10-17-12(19-11)14(2)4-8-18(9-5-14)13-15-6-3-7-16-13/h3,6-7,10H,4-5,8-9H2,1-2H3. The molecule has 1 saturated heterocycles. The van der Waals surface area contributed by atoms with Gasteiger partial charge in [-0.25, -0.2) is 15.0 Å². The molecular formula is C14H18N4S. The SMILES string of the molecule is Cc1cnc(C2(C)CCN(c3ncccn3)CC2)s1. The minimum Gasteiger partial charge on any atom is -0.341 e. The Kier molecular flexibility index (Phi) is 3.22. The molecule has 0 bridgehead atoms. The summed E-state index contributed by atoms with van der Waals surface area (Å²) in [6.45, 7) is 6.45. The lowest BCUT2D eigenvalue weighted by Gasteiger charge is -2.38. The lowest BCUT2D eigenvalue weighted by molar-refractivity contribution is 0.358. The molecule has 0 saturated carbocycles. The van der Waals surface area contributed by atoms with Crippen LogP contribution in [-0.2, 0) is 5.41 Å². The molecule has 1 fully saturated rings. The Labute approximate surface area is 117 Å². The lowest BCUT2D eigenvalue weighted by atomic mass is 9.81. The van der Waals surface area contributed by atoms with Gasteiger partial charge in [0, 0.05) is 42.0 Å². The van der Waals surface area contributed by atoms with Crippen LogP contribution in [0, 0.1) is 6.92 Å². The van der Waals surface area contributed by atoms with Crippen LogP contribution in [0.5, 0.6) is 0 Å². The molecule has 0 spiro atoms. The molecule has 2 aromatic rings. The Balaban J connectivity index is 1.72. The molecule has 1 aliphatic rings. The summed E-state index contributed by atoms with van der Waals surface area (Å²) >= 11 is 1.83. The fraction of sp³-hybridized carbons (Fsp3) is 0.500. The zero-order chi connectivity index (χ0) is 13.3. The number of rotatable bonds is 2. The van der Waals surface area contributed by atoms with Gasteiger partial charge < -0.3 is 4.90 Å². The Morgan fingerprint density at radius 2 is 1.84 bits per heavy atom. The summed E-state index contributed by atoms with van der Waals surface area (Å²) in [5, 5.41) is 1.28. The van der Waals surface area contributed by atoms with Gasteiger partial charge in [-0.3, -0.25) is 0 Å². The lowest BCUT2D eigenvalue weighted by Crippen LogP contribution is -2.41. The van der Waals surface area contributed by atoms with E-state index >= 15 is 0 Å². The van der Waals surface area contributed by atoms with E-state index in [2.05, 4.69) is 33.7 Å². The van der Waals surface area contributed by atoms with Crippen molar-refractivity contribution in [2.75, 3.05) is 18.0 Å². The Hall–Kier alpha value is -1.49. The van der Waals surface area contributed by atoms with Gasteiger partial charge in [-0.2, -0.15) is 0 Å². The highest BCUT2D eigenvalue weighted by atomic mass is 32.1. The van der Waals surface area contributed by atoms with Crippen LogP contribution in [0.1, 0.15) is 29.7 Å². The van der Waals surface area contributed by atoms with Crippen LogP contribution in [0.4, 0.5) is 5.95 Å². The number of thiazole rings is 1. The van der Waals surface area contributed by atoms with Crippen LogP contribution in [0.25, 0.3) is 0 Å². The van der Waals surface area contributed by atoms with Gasteiger partial charge in [0.15, 0.2) is 0 Å². The van der Waals surface area contributed by atoms with Gasteiger partial charge in [0.2, 0.25) is 5.95 Å². The van der Waals surface area contributed by atoms with E-state index in [0.29, 0.717) is 0 Å². The third-order valence-electron chi connectivity index (χ3n) is 3.84. The molecule has 5 heteroatoms. The van der Waals surface area contributed by atoms with Crippen molar-refractivity contribution in [1.82, 2.24) is 15.0 Å². The van der Waals surface area contributed by atoms with Crippen LogP contribution >= 0.6 is 11.3 Å². The number of anilines is 1. The highest BCUT2D eigenvalue weighted by Gasteiger charge is 2.34. The molecule has 3 heterocycles. The van der Waals surface area contributed by atoms with E-state index < -0.39 is 0 Å². The first-order valence-corrected chi connectivity index (χ1v) is 7.44. The molecule has 1 aliphatic heterocycles. The van der Waals surface area contributed by atoms with E-state index in [1.165, 1.54) is 9.88 Å². The normalized spacial score (nSPS) is 18.5. The van der Waals surface area contributed by atoms with Gasteiger partial charge in [0.25, 0.3) is 0 Å². The number of hydrogen-bond donors (Lipinski definition) is 0. The van der Waals surface area contributed by atoms with Crippen molar-refractivity contribution in [3.05, 3.63) is 34.5 Å². The summed E-state index contributed by atoms with van der Waals surface area (Å²) < 4.78 is 0. The maximum Gasteiger partial charge on any atom is 0.225 e. The molecule has 0 N–H and O–H groups in total. The summed E-state index contributed by atoms with van der Waals surface area (Å²) in [6.07, 6.45) is 7.81. The third-order valence-corrected chi connectivity index (χ3v) is 5.06. The Bertz CT molecular complexity index is 544. The van der Waals surface area contributed by atoms with Crippen molar-refractivity contribution in [1.29, 1.82) is 0 Å². The van der Waals surface area contributed by atoms with Gasteiger partial charge in [-0.15, -0.1) is 11.3 Å². The van der Waals surface area contributed by atoms with Crippen molar-refractivity contribution < 1.29 is 0 Å². The maximum atomic E-state index is 4.58. The summed E-state index contributed by atoms with van der Waals surface area (Å²) in [7, 11) is 0. The average molecular weight is 274 g/mol. The monoisotopic (exact) mass is 274 g/mol. The van der Waals surface area contributed by atoms with E-state index in [4.69, 9.17) is 0 Å². The second kappa shape index (κ2) is 4.89. The number of hydrogen-bond acceptors (Lipinski definition) is 5. The Morgan fingerprint density at radius 1 is 1.16 bits per heavy atom. The molecule has 0 amide bonds. The highest BCUT2D eigenvalue weighted by Crippen LogP contribution is 2.37.